The van der Waals surface area contributed by atoms with Gasteiger partial charge in [0.1, 0.15) is 11.8 Å². The van der Waals surface area contributed by atoms with Crippen molar-refractivity contribution >= 4 is 11.8 Å². The van der Waals surface area contributed by atoms with Gasteiger partial charge in [0.15, 0.2) is 6.61 Å². The zero-order valence-electron chi connectivity index (χ0n) is 22.1. The van der Waals surface area contributed by atoms with Crippen molar-refractivity contribution in [3.63, 3.8) is 0 Å². The van der Waals surface area contributed by atoms with Gasteiger partial charge in [-0.3, -0.25) is 9.59 Å². The van der Waals surface area contributed by atoms with E-state index in [4.69, 9.17) is 4.74 Å². The first-order valence-electron chi connectivity index (χ1n) is 13.1. The second-order valence-electron chi connectivity index (χ2n) is 10.8. The van der Waals surface area contributed by atoms with E-state index in [1.54, 1.807) is 4.90 Å². The maximum Gasteiger partial charge on any atom is 0.261 e. The van der Waals surface area contributed by atoms with Gasteiger partial charge in [0.05, 0.1) is 0 Å². The van der Waals surface area contributed by atoms with Crippen LogP contribution in [0, 0.1) is 6.92 Å². The molecule has 1 aliphatic carbocycles. The summed E-state index contributed by atoms with van der Waals surface area (Å²) >= 11 is 0. The minimum Gasteiger partial charge on any atom is -0.484 e. The van der Waals surface area contributed by atoms with Crippen molar-refractivity contribution in [2.75, 3.05) is 6.61 Å². The van der Waals surface area contributed by atoms with Crippen LogP contribution in [-0.4, -0.2) is 35.4 Å². The van der Waals surface area contributed by atoms with Gasteiger partial charge >= 0.3 is 0 Å². The van der Waals surface area contributed by atoms with E-state index in [0.29, 0.717) is 18.7 Å². The van der Waals surface area contributed by atoms with Gasteiger partial charge in [-0.2, -0.15) is 0 Å². The summed E-state index contributed by atoms with van der Waals surface area (Å²) < 4.78 is 5.87. The largest absolute Gasteiger partial charge is 0.484 e. The minimum atomic E-state index is -0.530. The van der Waals surface area contributed by atoms with Crippen LogP contribution in [0.3, 0.4) is 0 Å². The fourth-order valence-corrected chi connectivity index (χ4v) is 4.63. The minimum absolute atomic E-state index is 0.0548. The Hall–Kier alpha value is -2.82. The Morgan fingerprint density at radius 3 is 2.20 bits per heavy atom. The maximum absolute atomic E-state index is 13.4. The van der Waals surface area contributed by atoms with E-state index < -0.39 is 6.04 Å². The highest BCUT2D eigenvalue weighted by atomic mass is 16.5. The van der Waals surface area contributed by atoms with E-state index in [2.05, 4.69) is 26.1 Å². The Bertz CT molecular complexity index is 955. The van der Waals surface area contributed by atoms with Gasteiger partial charge in [-0.1, -0.05) is 88.9 Å². The average Bonchev–Trinajstić information content (AvgIpc) is 2.84. The van der Waals surface area contributed by atoms with Crippen LogP contribution < -0.4 is 10.1 Å². The number of amides is 2. The van der Waals surface area contributed by atoms with Crippen molar-refractivity contribution in [3.05, 3.63) is 65.2 Å². The molecule has 35 heavy (non-hydrogen) atoms. The summed E-state index contributed by atoms with van der Waals surface area (Å²) in [6.07, 6.45) is 6.11. The summed E-state index contributed by atoms with van der Waals surface area (Å²) in [7, 11) is 0. The first-order chi connectivity index (χ1) is 16.7. The highest BCUT2D eigenvalue weighted by Crippen LogP contribution is 2.24. The zero-order chi connectivity index (χ0) is 25.4. The molecule has 0 heterocycles. The molecule has 2 aromatic carbocycles. The molecule has 3 rings (SSSR count). The molecule has 0 bridgehead atoms. The number of hydrogen-bond donors (Lipinski definition) is 1. The first kappa shape index (κ1) is 26.8. The topological polar surface area (TPSA) is 58.6 Å². The van der Waals surface area contributed by atoms with Crippen LogP contribution in [0.15, 0.2) is 48.5 Å². The second kappa shape index (κ2) is 12.2. The second-order valence-corrected chi connectivity index (χ2v) is 10.8. The number of carbonyl (C=O) groups is 2. The van der Waals surface area contributed by atoms with Crippen LogP contribution >= 0.6 is 0 Å². The number of nitrogens with one attached hydrogen (secondary N) is 1. The lowest BCUT2D eigenvalue weighted by atomic mass is 9.87. The monoisotopic (exact) mass is 478 g/mol. The third-order valence-corrected chi connectivity index (χ3v) is 6.89. The fraction of sp³-hybridized carbons (Fsp3) is 0.533. The highest BCUT2D eigenvalue weighted by Gasteiger charge is 2.30. The summed E-state index contributed by atoms with van der Waals surface area (Å²) in [5.74, 6) is 0.409. The molecule has 2 aromatic rings. The molecule has 0 spiro atoms. The molecule has 1 N–H and O–H groups in total. The Kier molecular flexibility index (Phi) is 9.36. The summed E-state index contributed by atoms with van der Waals surface area (Å²) in [6.45, 7) is 10.8. The molecule has 0 aliphatic heterocycles. The normalized spacial score (nSPS) is 15.3. The molecule has 0 unspecified atom stereocenters. The molecular formula is C30H42N2O3. The van der Waals surface area contributed by atoms with Crippen LogP contribution in [0.5, 0.6) is 5.75 Å². The number of hydrogen-bond acceptors (Lipinski definition) is 3. The number of carbonyl (C=O) groups excluding carboxylic acids is 2. The van der Waals surface area contributed by atoms with Gasteiger partial charge in [-0.05, 0) is 54.9 Å². The first-order valence-corrected chi connectivity index (χ1v) is 13.1. The van der Waals surface area contributed by atoms with E-state index >= 15 is 0 Å². The lowest BCUT2D eigenvalue weighted by Gasteiger charge is -2.32. The number of rotatable bonds is 9. The third kappa shape index (κ3) is 7.84. The highest BCUT2D eigenvalue weighted by molar-refractivity contribution is 5.88. The van der Waals surface area contributed by atoms with Crippen molar-refractivity contribution < 1.29 is 14.3 Å². The molecule has 2 amide bonds. The molecule has 1 saturated carbocycles. The third-order valence-electron chi connectivity index (χ3n) is 6.89. The molecule has 1 fully saturated rings. The molecule has 0 saturated heterocycles. The maximum atomic E-state index is 13.4. The molecule has 1 atom stereocenters. The van der Waals surface area contributed by atoms with E-state index in [1.807, 2.05) is 62.4 Å². The summed E-state index contributed by atoms with van der Waals surface area (Å²) in [5, 5.41) is 3.22. The summed E-state index contributed by atoms with van der Waals surface area (Å²) in [5.41, 5.74) is 3.43. The van der Waals surface area contributed by atoms with Gasteiger partial charge in [0.25, 0.3) is 5.91 Å². The Labute approximate surface area is 211 Å². The van der Waals surface area contributed by atoms with Gasteiger partial charge in [0, 0.05) is 12.6 Å². The molecule has 190 valence electrons. The number of aryl methyl sites for hydroxylation is 1. The lowest BCUT2D eigenvalue weighted by Crippen LogP contribution is -2.52. The fourth-order valence-electron chi connectivity index (χ4n) is 4.63. The summed E-state index contributed by atoms with van der Waals surface area (Å²) in [4.78, 5) is 28.4. The van der Waals surface area contributed by atoms with Crippen molar-refractivity contribution in [3.8, 4) is 5.75 Å². The number of ether oxygens (including phenoxy) is 1. The molecule has 0 aromatic heterocycles. The van der Waals surface area contributed by atoms with Crippen LogP contribution in [-0.2, 0) is 21.5 Å². The molecule has 1 aliphatic rings. The predicted octanol–water partition coefficient (Wildman–Crippen LogP) is 5.93. The SMILES string of the molecule is CC[C@@H](C(=O)NC1CCCCC1)N(Cc1ccc(C)cc1)C(=O)COc1ccc(C(C)(C)C)cc1. The van der Waals surface area contributed by atoms with E-state index in [-0.39, 0.29) is 29.9 Å². The van der Waals surface area contributed by atoms with Crippen LogP contribution in [0.4, 0.5) is 0 Å². The van der Waals surface area contributed by atoms with Crippen LogP contribution in [0.25, 0.3) is 0 Å². The van der Waals surface area contributed by atoms with Crippen molar-refractivity contribution in [2.45, 2.75) is 97.2 Å². The zero-order valence-corrected chi connectivity index (χ0v) is 22.1. The Morgan fingerprint density at radius 1 is 1.00 bits per heavy atom. The van der Waals surface area contributed by atoms with Gasteiger partial charge < -0.3 is 15.0 Å². The van der Waals surface area contributed by atoms with Gasteiger partial charge in [-0.25, -0.2) is 0 Å². The van der Waals surface area contributed by atoms with Crippen molar-refractivity contribution in [2.24, 2.45) is 0 Å². The van der Waals surface area contributed by atoms with E-state index in [0.717, 1.165) is 36.8 Å². The van der Waals surface area contributed by atoms with Gasteiger partial charge in [0.2, 0.25) is 5.91 Å². The average molecular weight is 479 g/mol. The van der Waals surface area contributed by atoms with Crippen molar-refractivity contribution in [1.29, 1.82) is 0 Å². The smallest absolute Gasteiger partial charge is 0.261 e. The Balaban J connectivity index is 1.73. The number of benzene rings is 2. The summed E-state index contributed by atoms with van der Waals surface area (Å²) in [6, 6.07) is 15.7. The quantitative estimate of drug-likeness (QED) is 0.486. The standard InChI is InChI=1S/C30H42N2O3/c1-6-27(29(34)31-25-10-8-7-9-11-25)32(20-23-14-12-22(2)13-15-23)28(33)21-35-26-18-16-24(17-19-26)30(3,4)5/h12-19,25,27H,6-11,20-21H2,1-5H3,(H,31,34)/t27-/m0/s1. The van der Waals surface area contributed by atoms with Gasteiger partial charge in [-0.15, -0.1) is 0 Å². The van der Waals surface area contributed by atoms with Crippen molar-refractivity contribution in [1.82, 2.24) is 10.2 Å². The predicted molar refractivity (Wildman–Crippen MR) is 141 cm³/mol. The lowest BCUT2D eigenvalue weighted by molar-refractivity contribution is -0.143. The van der Waals surface area contributed by atoms with Crippen LogP contribution in [0.2, 0.25) is 0 Å². The molecule has 0 radical (unpaired) electrons. The molecule has 5 nitrogen and oxygen atoms in total. The van der Waals surface area contributed by atoms with E-state index in [1.165, 1.54) is 12.0 Å². The van der Waals surface area contributed by atoms with Crippen LogP contribution in [0.1, 0.15) is 82.9 Å². The number of nitrogens with zero attached hydrogens (tertiary/aromatic N) is 1. The molecule has 5 heteroatoms. The molecular weight excluding hydrogens is 436 g/mol. The Morgan fingerprint density at radius 2 is 1.63 bits per heavy atom. The van der Waals surface area contributed by atoms with E-state index in [9.17, 15) is 9.59 Å².